The zero-order valence-corrected chi connectivity index (χ0v) is 8.74. The molecule has 0 atom stereocenters. The molecule has 3 nitrogen and oxygen atoms in total. The van der Waals surface area contributed by atoms with Crippen LogP contribution in [0, 0.1) is 16.7 Å². The number of nitriles is 1. The molecule has 0 spiro atoms. The molecule has 1 heterocycles. The first-order chi connectivity index (χ1) is 6.44. The van der Waals surface area contributed by atoms with Gasteiger partial charge in [0.15, 0.2) is 0 Å². The average Bonchev–Trinajstić information content (AvgIpc) is 2.06. The highest BCUT2D eigenvalue weighted by Crippen LogP contribution is 2.15. The van der Waals surface area contributed by atoms with E-state index in [2.05, 4.69) is 0 Å². The fraction of sp³-hybridized carbons (Fsp3) is 0.455. The molecule has 3 heteroatoms. The summed E-state index contributed by atoms with van der Waals surface area (Å²) in [6.07, 6.45) is 0. The molecule has 0 N–H and O–H groups in total. The lowest BCUT2D eigenvalue weighted by molar-refractivity contribution is 0.337. The van der Waals surface area contributed by atoms with Crippen molar-refractivity contribution in [2.75, 3.05) is 0 Å². The minimum absolute atomic E-state index is 0.00319. The van der Waals surface area contributed by atoms with E-state index < -0.39 is 0 Å². The molecule has 0 radical (unpaired) electrons. The minimum Gasteiger partial charge on any atom is -0.299 e. The van der Waals surface area contributed by atoms with E-state index in [1.807, 2.05) is 26.8 Å². The van der Waals surface area contributed by atoms with Gasteiger partial charge in [0.2, 0.25) is 0 Å². The van der Waals surface area contributed by atoms with E-state index in [9.17, 15) is 4.79 Å². The van der Waals surface area contributed by atoms with E-state index in [1.165, 1.54) is 10.6 Å². The van der Waals surface area contributed by atoms with E-state index in [0.717, 1.165) is 0 Å². The minimum atomic E-state index is -0.112. The second kappa shape index (κ2) is 3.67. The topological polar surface area (TPSA) is 45.8 Å². The fourth-order valence-electron chi connectivity index (χ4n) is 1.26. The van der Waals surface area contributed by atoms with E-state index >= 15 is 0 Å². The largest absolute Gasteiger partial charge is 0.299 e. The third-order valence-corrected chi connectivity index (χ3v) is 1.80. The monoisotopic (exact) mass is 190 g/mol. The highest BCUT2D eigenvalue weighted by atomic mass is 16.1. The van der Waals surface area contributed by atoms with Gasteiger partial charge in [0.05, 0.1) is 0 Å². The summed E-state index contributed by atoms with van der Waals surface area (Å²) in [5.74, 6) is 0. The molecule has 14 heavy (non-hydrogen) atoms. The Labute approximate surface area is 83.6 Å². The zero-order chi connectivity index (χ0) is 10.8. The highest BCUT2D eigenvalue weighted by molar-refractivity contribution is 5.21. The van der Waals surface area contributed by atoms with Crippen molar-refractivity contribution in [1.29, 1.82) is 5.26 Å². The number of hydrogen-bond acceptors (Lipinski definition) is 2. The summed E-state index contributed by atoms with van der Waals surface area (Å²) in [6, 6.07) is 6.77. The molecule has 74 valence electrons. The van der Waals surface area contributed by atoms with Gasteiger partial charge in [-0.1, -0.05) is 26.8 Å². The maximum Gasteiger partial charge on any atom is 0.251 e. The van der Waals surface area contributed by atoms with Crippen LogP contribution in [0.1, 0.15) is 26.5 Å². The Morgan fingerprint density at radius 1 is 1.43 bits per heavy atom. The van der Waals surface area contributed by atoms with Crippen molar-refractivity contribution < 1.29 is 0 Å². The Morgan fingerprint density at radius 2 is 2.07 bits per heavy atom. The van der Waals surface area contributed by atoms with Crippen LogP contribution in [-0.4, -0.2) is 4.57 Å². The summed E-state index contributed by atoms with van der Waals surface area (Å²) < 4.78 is 1.51. The number of aromatic nitrogens is 1. The van der Waals surface area contributed by atoms with Crippen molar-refractivity contribution in [2.45, 2.75) is 27.3 Å². The molecule has 0 saturated carbocycles. The molecule has 0 saturated heterocycles. The molecule has 0 fully saturated rings. The molecule has 0 aromatic carbocycles. The van der Waals surface area contributed by atoms with Gasteiger partial charge in [-0.3, -0.25) is 9.36 Å². The molecular formula is C11H14N2O. The second-order valence-electron chi connectivity index (χ2n) is 4.51. The first-order valence-corrected chi connectivity index (χ1v) is 4.54. The Balaban J connectivity index is 3.20. The van der Waals surface area contributed by atoms with Gasteiger partial charge < -0.3 is 0 Å². The number of pyridine rings is 1. The first-order valence-electron chi connectivity index (χ1n) is 4.54. The smallest absolute Gasteiger partial charge is 0.251 e. The van der Waals surface area contributed by atoms with Crippen molar-refractivity contribution in [1.82, 2.24) is 4.57 Å². The van der Waals surface area contributed by atoms with E-state index in [4.69, 9.17) is 5.26 Å². The van der Waals surface area contributed by atoms with Crippen molar-refractivity contribution in [3.05, 3.63) is 34.2 Å². The summed E-state index contributed by atoms with van der Waals surface area (Å²) in [6.45, 7) is 6.67. The standard InChI is InChI=1S/C11H14N2O/c1-11(2,3)8-13-9(7-12)5-4-6-10(13)14/h4-6H,8H2,1-3H3. The molecule has 1 aromatic rings. The lowest BCUT2D eigenvalue weighted by Crippen LogP contribution is -2.27. The van der Waals surface area contributed by atoms with Gasteiger partial charge in [0.25, 0.3) is 5.56 Å². The molecule has 1 rings (SSSR count). The SMILES string of the molecule is CC(C)(C)Cn1c(C#N)cccc1=O. The lowest BCUT2D eigenvalue weighted by atomic mass is 9.96. The number of rotatable bonds is 1. The van der Waals surface area contributed by atoms with E-state index in [-0.39, 0.29) is 11.0 Å². The third kappa shape index (κ3) is 2.46. The third-order valence-electron chi connectivity index (χ3n) is 1.80. The Bertz CT molecular complexity index is 418. The van der Waals surface area contributed by atoms with Crippen LogP contribution in [0.25, 0.3) is 0 Å². The average molecular weight is 190 g/mol. The van der Waals surface area contributed by atoms with Crippen LogP contribution in [0.2, 0.25) is 0 Å². The van der Waals surface area contributed by atoms with Gasteiger partial charge in [-0.15, -0.1) is 0 Å². The van der Waals surface area contributed by atoms with Gasteiger partial charge in [0.1, 0.15) is 11.8 Å². The van der Waals surface area contributed by atoms with Gasteiger partial charge in [0, 0.05) is 12.6 Å². The molecule has 0 unspecified atom stereocenters. The van der Waals surface area contributed by atoms with Crippen molar-refractivity contribution >= 4 is 0 Å². The Kier molecular flexibility index (Phi) is 2.76. The van der Waals surface area contributed by atoms with Gasteiger partial charge in [-0.25, -0.2) is 0 Å². The van der Waals surface area contributed by atoms with Crippen molar-refractivity contribution in [3.63, 3.8) is 0 Å². The van der Waals surface area contributed by atoms with Crippen LogP contribution in [0.3, 0.4) is 0 Å². The normalized spacial score (nSPS) is 11.0. The van der Waals surface area contributed by atoms with Gasteiger partial charge in [-0.05, 0) is 11.5 Å². The molecule has 0 aliphatic rings. The zero-order valence-electron chi connectivity index (χ0n) is 8.74. The van der Waals surface area contributed by atoms with Crippen LogP contribution >= 0.6 is 0 Å². The molecular weight excluding hydrogens is 176 g/mol. The Morgan fingerprint density at radius 3 is 2.57 bits per heavy atom. The Hall–Kier alpha value is -1.56. The number of nitrogens with zero attached hydrogens (tertiary/aromatic N) is 2. The van der Waals surface area contributed by atoms with Crippen LogP contribution in [-0.2, 0) is 6.54 Å². The highest BCUT2D eigenvalue weighted by Gasteiger charge is 2.13. The van der Waals surface area contributed by atoms with E-state index in [1.54, 1.807) is 12.1 Å². The van der Waals surface area contributed by atoms with Crippen LogP contribution < -0.4 is 5.56 Å². The number of hydrogen-bond donors (Lipinski definition) is 0. The lowest BCUT2D eigenvalue weighted by Gasteiger charge is -2.20. The van der Waals surface area contributed by atoms with Crippen molar-refractivity contribution in [2.24, 2.45) is 5.41 Å². The summed E-state index contributed by atoms with van der Waals surface area (Å²) in [4.78, 5) is 11.5. The summed E-state index contributed by atoms with van der Waals surface area (Å²) >= 11 is 0. The summed E-state index contributed by atoms with van der Waals surface area (Å²) in [7, 11) is 0. The van der Waals surface area contributed by atoms with Gasteiger partial charge >= 0.3 is 0 Å². The van der Waals surface area contributed by atoms with Crippen molar-refractivity contribution in [3.8, 4) is 6.07 Å². The maximum atomic E-state index is 11.5. The van der Waals surface area contributed by atoms with Crippen LogP contribution in [0.4, 0.5) is 0 Å². The molecule has 0 bridgehead atoms. The second-order valence-corrected chi connectivity index (χ2v) is 4.51. The van der Waals surface area contributed by atoms with E-state index in [0.29, 0.717) is 12.2 Å². The molecule has 0 aliphatic carbocycles. The fourth-order valence-corrected chi connectivity index (χ4v) is 1.26. The predicted molar refractivity (Wildman–Crippen MR) is 54.9 cm³/mol. The van der Waals surface area contributed by atoms with Crippen LogP contribution in [0.15, 0.2) is 23.0 Å². The van der Waals surface area contributed by atoms with Gasteiger partial charge in [-0.2, -0.15) is 5.26 Å². The summed E-state index contributed by atoms with van der Waals surface area (Å²) in [5.41, 5.74) is 0.308. The maximum absolute atomic E-state index is 11.5. The van der Waals surface area contributed by atoms with Crippen LogP contribution in [0.5, 0.6) is 0 Å². The molecule has 0 amide bonds. The predicted octanol–water partition coefficient (Wildman–Crippen LogP) is 1.77. The first kappa shape index (κ1) is 10.5. The summed E-state index contributed by atoms with van der Waals surface area (Å²) in [5, 5.41) is 8.83. The molecule has 1 aromatic heterocycles. The molecule has 0 aliphatic heterocycles. The quantitative estimate of drug-likeness (QED) is 0.677.